The van der Waals surface area contributed by atoms with E-state index in [1.165, 1.54) is 6.07 Å². The number of hydrogen-bond donors (Lipinski definition) is 2. The molecule has 0 bridgehead atoms. The van der Waals surface area contributed by atoms with Crippen LogP contribution in [-0.4, -0.2) is 11.0 Å². The molecule has 0 aliphatic rings. The maximum atomic E-state index is 10.4. The summed E-state index contributed by atoms with van der Waals surface area (Å²) in [5.74, 6) is -0.408. The average Bonchev–Trinajstić information content (AvgIpc) is 1.93. The van der Waals surface area contributed by atoms with Crippen LogP contribution in [0.4, 0.5) is 0 Å². The highest BCUT2D eigenvalue weighted by molar-refractivity contribution is 5.77. The first kappa shape index (κ1) is 7.60. The van der Waals surface area contributed by atoms with Crippen LogP contribution in [0.25, 0.3) is 0 Å². The summed E-state index contributed by atoms with van der Waals surface area (Å²) in [6.45, 7) is 0. The number of nitrogens with two attached hydrogens (primary N) is 1. The third kappa shape index (κ3) is 1.97. The van der Waals surface area contributed by atoms with Gasteiger partial charge in [-0.25, -0.2) is 0 Å². The van der Waals surface area contributed by atoms with Gasteiger partial charge >= 0.3 is 0 Å². The van der Waals surface area contributed by atoms with Crippen LogP contribution >= 0.6 is 0 Å². The van der Waals surface area contributed by atoms with Crippen LogP contribution in [0.15, 0.2) is 18.2 Å². The Hall–Kier alpha value is -1.51. The number of hydrogen-bond acceptors (Lipinski definition) is 2. The van der Waals surface area contributed by atoms with E-state index in [9.17, 15) is 4.79 Å². The Morgan fingerprint density at radius 2 is 2.45 bits per heavy atom. The summed E-state index contributed by atoms with van der Waals surface area (Å²) >= 11 is 0. The molecule has 0 aliphatic carbocycles. The van der Waals surface area contributed by atoms with Gasteiger partial charge in [0.25, 0.3) is 0 Å². The minimum absolute atomic E-state index is 0.0344. The van der Waals surface area contributed by atoms with Gasteiger partial charge in [0.1, 0.15) is 5.75 Å². The Morgan fingerprint density at radius 3 is 3.00 bits per heavy atom. The zero-order valence-corrected chi connectivity index (χ0v) is 5.87. The summed E-state index contributed by atoms with van der Waals surface area (Å²) < 4.78 is 0. The van der Waals surface area contributed by atoms with Gasteiger partial charge in [-0.15, -0.1) is 0 Å². The van der Waals surface area contributed by atoms with Crippen molar-refractivity contribution >= 4 is 5.91 Å². The standard InChI is InChI=1S/C8H8NO2/c9-8(11)5-6-3-1-2-4-7(6)10/h1-2,4,10H,5H2,(H2,9,11). The van der Waals surface area contributed by atoms with E-state index < -0.39 is 5.91 Å². The van der Waals surface area contributed by atoms with Crippen LogP contribution < -0.4 is 5.73 Å². The molecule has 3 heteroatoms. The molecule has 1 rings (SSSR count). The summed E-state index contributed by atoms with van der Waals surface area (Å²) in [5.41, 5.74) is 5.37. The number of carbonyl (C=O) groups excluding carboxylic acids is 1. The lowest BCUT2D eigenvalue weighted by Crippen LogP contribution is -2.13. The summed E-state index contributed by atoms with van der Waals surface area (Å²) in [6, 6.07) is 7.47. The lowest BCUT2D eigenvalue weighted by molar-refractivity contribution is -0.117. The number of rotatable bonds is 2. The molecule has 0 spiro atoms. The minimum Gasteiger partial charge on any atom is -0.508 e. The molecule has 1 aromatic rings. The van der Waals surface area contributed by atoms with Gasteiger partial charge in [-0.05, 0) is 12.1 Å². The molecular formula is C8H8NO2. The van der Waals surface area contributed by atoms with Crippen molar-refractivity contribution in [2.24, 2.45) is 5.73 Å². The first-order valence-electron chi connectivity index (χ1n) is 3.17. The fraction of sp³-hybridized carbons (Fsp3) is 0.125. The highest BCUT2D eigenvalue weighted by Gasteiger charge is 2.02. The third-order valence-electron chi connectivity index (χ3n) is 1.27. The van der Waals surface area contributed by atoms with Crippen molar-refractivity contribution in [2.45, 2.75) is 6.42 Å². The molecule has 1 radical (unpaired) electrons. The van der Waals surface area contributed by atoms with Crippen LogP contribution in [0, 0.1) is 6.07 Å². The first-order valence-corrected chi connectivity index (χ1v) is 3.17. The third-order valence-corrected chi connectivity index (χ3v) is 1.27. The van der Waals surface area contributed by atoms with E-state index in [0.29, 0.717) is 5.56 Å². The molecule has 0 fully saturated rings. The van der Waals surface area contributed by atoms with E-state index >= 15 is 0 Å². The number of aromatic hydroxyl groups is 1. The Bertz CT molecular complexity index is 271. The molecule has 0 saturated carbocycles. The molecule has 0 unspecified atom stereocenters. The molecule has 1 amide bonds. The van der Waals surface area contributed by atoms with Gasteiger partial charge in [-0.2, -0.15) is 0 Å². The monoisotopic (exact) mass is 150 g/mol. The van der Waals surface area contributed by atoms with Crippen molar-refractivity contribution in [1.82, 2.24) is 0 Å². The lowest BCUT2D eigenvalue weighted by Gasteiger charge is -1.98. The van der Waals surface area contributed by atoms with E-state index in [1.807, 2.05) is 0 Å². The Morgan fingerprint density at radius 1 is 1.73 bits per heavy atom. The van der Waals surface area contributed by atoms with E-state index in [2.05, 4.69) is 6.07 Å². The highest BCUT2D eigenvalue weighted by atomic mass is 16.3. The Labute approximate surface area is 64.5 Å². The van der Waals surface area contributed by atoms with E-state index in [-0.39, 0.29) is 12.2 Å². The quantitative estimate of drug-likeness (QED) is 0.633. The van der Waals surface area contributed by atoms with Gasteiger partial charge in [-0.3, -0.25) is 4.79 Å². The molecular weight excluding hydrogens is 142 g/mol. The molecule has 0 saturated heterocycles. The van der Waals surface area contributed by atoms with Crippen molar-refractivity contribution in [3.63, 3.8) is 0 Å². The van der Waals surface area contributed by atoms with Gasteiger partial charge in [0.15, 0.2) is 0 Å². The number of phenolic OH excluding ortho intramolecular Hbond substituents is 1. The second-order valence-corrected chi connectivity index (χ2v) is 2.18. The van der Waals surface area contributed by atoms with Gasteiger partial charge < -0.3 is 10.8 Å². The smallest absolute Gasteiger partial charge is 0.222 e. The number of amides is 1. The fourth-order valence-corrected chi connectivity index (χ4v) is 0.778. The van der Waals surface area contributed by atoms with Gasteiger partial charge in [0.2, 0.25) is 5.91 Å². The zero-order valence-electron chi connectivity index (χ0n) is 5.87. The molecule has 57 valence electrons. The molecule has 0 aromatic heterocycles. The van der Waals surface area contributed by atoms with Crippen LogP contribution in [0.2, 0.25) is 0 Å². The normalized spacial score (nSPS) is 9.45. The van der Waals surface area contributed by atoms with Crippen molar-refractivity contribution in [2.75, 3.05) is 0 Å². The molecule has 3 N–H and O–H groups in total. The highest BCUT2D eigenvalue weighted by Crippen LogP contribution is 2.14. The number of phenols is 1. The summed E-state index contributed by atoms with van der Waals surface area (Å²) in [6.07, 6.45) is 0.0344. The second kappa shape index (κ2) is 3.05. The van der Waals surface area contributed by atoms with Crippen molar-refractivity contribution in [3.05, 3.63) is 29.8 Å². The lowest BCUT2D eigenvalue weighted by atomic mass is 10.1. The van der Waals surface area contributed by atoms with Crippen molar-refractivity contribution < 1.29 is 9.90 Å². The number of benzene rings is 1. The predicted molar refractivity (Wildman–Crippen MR) is 39.8 cm³/mol. The molecule has 0 heterocycles. The SMILES string of the molecule is NC(=O)Cc1[c]cccc1O. The molecule has 1 aromatic carbocycles. The number of primary amides is 1. The zero-order chi connectivity index (χ0) is 8.27. The maximum absolute atomic E-state index is 10.4. The van der Waals surface area contributed by atoms with Gasteiger partial charge in [-0.1, -0.05) is 12.1 Å². The van der Waals surface area contributed by atoms with Crippen LogP contribution in [0.3, 0.4) is 0 Å². The fourth-order valence-electron chi connectivity index (χ4n) is 0.778. The van der Waals surface area contributed by atoms with Crippen LogP contribution in [-0.2, 0) is 11.2 Å². The summed E-state index contributed by atoms with van der Waals surface area (Å²) in [4.78, 5) is 10.4. The largest absolute Gasteiger partial charge is 0.508 e. The first-order chi connectivity index (χ1) is 5.20. The molecule has 0 atom stereocenters. The van der Waals surface area contributed by atoms with E-state index in [0.717, 1.165) is 0 Å². The van der Waals surface area contributed by atoms with Crippen molar-refractivity contribution in [3.8, 4) is 5.75 Å². The van der Waals surface area contributed by atoms with Gasteiger partial charge in [0.05, 0.1) is 6.42 Å². The Balaban J connectivity index is 2.86. The topological polar surface area (TPSA) is 63.3 Å². The Kier molecular flexibility index (Phi) is 2.11. The molecule has 3 nitrogen and oxygen atoms in total. The van der Waals surface area contributed by atoms with E-state index in [4.69, 9.17) is 10.8 Å². The maximum Gasteiger partial charge on any atom is 0.222 e. The summed E-state index contributed by atoms with van der Waals surface area (Å²) in [5, 5.41) is 9.12. The summed E-state index contributed by atoms with van der Waals surface area (Å²) in [7, 11) is 0. The molecule has 11 heavy (non-hydrogen) atoms. The van der Waals surface area contributed by atoms with Crippen LogP contribution in [0.1, 0.15) is 5.56 Å². The number of carbonyl (C=O) groups is 1. The van der Waals surface area contributed by atoms with E-state index in [1.54, 1.807) is 12.1 Å². The minimum atomic E-state index is -0.470. The average molecular weight is 150 g/mol. The van der Waals surface area contributed by atoms with Gasteiger partial charge in [0, 0.05) is 5.56 Å². The van der Waals surface area contributed by atoms with Crippen LogP contribution in [0.5, 0.6) is 5.75 Å². The van der Waals surface area contributed by atoms with Crippen molar-refractivity contribution in [1.29, 1.82) is 0 Å². The molecule has 0 aliphatic heterocycles. The predicted octanol–water partition coefficient (Wildman–Crippen LogP) is 0.220. The second-order valence-electron chi connectivity index (χ2n) is 2.18.